The molecule has 1 saturated heterocycles. The normalized spacial score (nSPS) is 17.9. The highest BCUT2D eigenvalue weighted by molar-refractivity contribution is 5.83. The fraction of sp³-hybridized carbons (Fsp3) is 0.300. The number of amides is 1. The van der Waals surface area contributed by atoms with Gasteiger partial charge in [-0.25, -0.2) is 9.97 Å². The number of likely N-dealkylation sites (tertiary alicyclic amines) is 1. The van der Waals surface area contributed by atoms with E-state index in [0.717, 1.165) is 83.5 Å². The van der Waals surface area contributed by atoms with Gasteiger partial charge < -0.3 is 13.9 Å². The molecule has 3 aromatic carbocycles. The van der Waals surface area contributed by atoms with Crippen LogP contribution >= 0.6 is 0 Å². The molecule has 1 aliphatic carbocycles. The van der Waals surface area contributed by atoms with Crippen molar-refractivity contribution in [3.63, 3.8) is 0 Å². The highest BCUT2D eigenvalue weighted by Gasteiger charge is 2.36. The third-order valence-corrected chi connectivity index (χ3v) is 7.68. The van der Waals surface area contributed by atoms with Gasteiger partial charge in [0.15, 0.2) is 12.0 Å². The van der Waals surface area contributed by atoms with E-state index in [9.17, 15) is 4.79 Å². The van der Waals surface area contributed by atoms with Crippen LogP contribution in [0.2, 0.25) is 0 Å². The number of aromatic nitrogens is 3. The SMILES string of the molecule is Cc1ccc2c(c1)nc(-c1ccc(-c3ccc4ncoc4c3)cc1)n2C[C@@H]1CCN(C(=O)C2CC2)C1. The second-order valence-corrected chi connectivity index (χ2v) is 10.4. The van der Waals surface area contributed by atoms with Crippen LogP contribution in [0.25, 0.3) is 44.6 Å². The number of fused-ring (bicyclic) bond motifs is 2. The Morgan fingerprint density at radius 2 is 1.75 bits per heavy atom. The summed E-state index contributed by atoms with van der Waals surface area (Å²) in [6, 6.07) is 21.2. The number of benzene rings is 3. The highest BCUT2D eigenvalue weighted by atomic mass is 16.3. The molecule has 2 fully saturated rings. The number of carbonyl (C=O) groups excluding carboxylic acids is 1. The zero-order valence-corrected chi connectivity index (χ0v) is 20.4. The number of aryl methyl sites for hydroxylation is 1. The molecule has 0 spiro atoms. The average molecular weight is 477 g/mol. The molecular weight excluding hydrogens is 448 g/mol. The van der Waals surface area contributed by atoms with Crippen molar-refractivity contribution in [2.45, 2.75) is 32.7 Å². The first-order valence-corrected chi connectivity index (χ1v) is 12.8. The standard InChI is InChI=1S/C30H28N4O2/c1-19-2-11-27-26(14-19)32-29(34(27)17-20-12-13-33(16-20)30(35)23-7-8-23)22-5-3-21(4-6-22)24-9-10-25-28(15-24)36-18-31-25/h2-6,9-11,14-15,18,20,23H,7-8,12-13,16-17H2,1H3/t20-/m1/s1. The number of carbonyl (C=O) groups is 1. The number of nitrogens with zero attached hydrogens (tertiary/aromatic N) is 4. The Hall–Kier alpha value is -3.93. The first-order valence-electron chi connectivity index (χ1n) is 12.8. The van der Waals surface area contributed by atoms with Crippen molar-refractivity contribution in [3.8, 4) is 22.5 Å². The van der Waals surface area contributed by atoms with Gasteiger partial charge in [0, 0.05) is 31.1 Å². The molecule has 0 N–H and O–H groups in total. The van der Waals surface area contributed by atoms with Crippen molar-refractivity contribution in [1.29, 1.82) is 0 Å². The van der Waals surface area contributed by atoms with Crippen LogP contribution in [-0.2, 0) is 11.3 Å². The molecule has 1 amide bonds. The van der Waals surface area contributed by atoms with Gasteiger partial charge in [-0.3, -0.25) is 4.79 Å². The third kappa shape index (κ3) is 3.77. The zero-order chi connectivity index (χ0) is 24.2. The van der Waals surface area contributed by atoms with Crippen LogP contribution in [0, 0.1) is 18.8 Å². The maximum Gasteiger partial charge on any atom is 0.225 e. The quantitative estimate of drug-likeness (QED) is 0.308. The summed E-state index contributed by atoms with van der Waals surface area (Å²) in [6.45, 7) is 4.71. The molecule has 0 radical (unpaired) electrons. The summed E-state index contributed by atoms with van der Waals surface area (Å²) in [6.07, 6.45) is 4.66. The van der Waals surface area contributed by atoms with E-state index in [2.05, 4.69) is 69.9 Å². The first-order chi connectivity index (χ1) is 17.6. The largest absolute Gasteiger partial charge is 0.443 e. The Morgan fingerprint density at radius 1 is 0.944 bits per heavy atom. The summed E-state index contributed by atoms with van der Waals surface area (Å²) in [5, 5.41) is 0. The fourth-order valence-electron chi connectivity index (χ4n) is 5.52. The smallest absolute Gasteiger partial charge is 0.225 e. The van der Waals surface area contributed by atoms with Crippen LogP contribution in [0.3, 0.4) is 0 Å². The van der Waals surface area contributed by atoms with Gasteiger partial charge in [-0.15, -0.1) is 0 Å². The Balaban J connectivity index is 1.21. The Morgan fingerprint density at radius 3 is 2.58 bits per heavy atom. The van der Waals surface area contributed by atoms with Crippen molar-refractivity contribution in [2.75, 3.05) is 13.1 Å². The van der Waals surface area contributed by atoms with Crippen LogP contribution < -0.4 is 0 Å². The molecule has 1 saturated carbocycles. The van der Waals surface area contributed by atoms with E-state index >= 15 is 0 Å². The van der Waals surface area contributed by atoms with E-state index in [1.807, 2.05) is 12.1 Å². The zero-order valence-electron chi connectivity index (χ0n) is 20.4. The van der Waals surface area contributed by atoms with Crippen molar-refractivity contribution in [2.24, 2.45) is 11.8 Å². The lowest BCUT2D eigenvalue weighted by atomic mass is 10.0. The van der Waals surface area contributed by atoms with Gasteiger partial charge >= 0.3 is 0 Å². The van der Waals surface area contributed by atoms with Gasteiger partial charge in [0.25, 0.3) is 0 Å². The third-order valence-electron chi connectivity index (χ3n) is 7.68. The van der Waals surface area contributed by atoms with Gasteiger partial charge in [0.05, 0.1) is 11.0 Å². The summed E-state index contributed by atoms with van der Waals surface area (Å²) in [4.78, 5) is 24.0. The minimum atomic E-state index is 0.291. The minimum absolute atomic E-state index is 0.291. The second-order valence-electron chi connectivity index (χ2n) is 10.4. The molecule has 0 bridgehead atoms. The molecule has 2 aromatic heterocycles. The predicted octanol–water partition coefficient (Wildman–Crippen LogP) is 6.08. The van der Waals surface area contributed by atoms with Crippen LogP contribution in [-0.4, -0.2) is 38.4 Å². The molecule has 1 aliphatic heterocycles. The number of imidazole rings is 1. The van der Waals surface area contributed by atoms with E-state index in [1.54, 1.807) is 0 Å². The lowest BCUT2D eigenvalue weighted by Crippen LogP contribution is -2.30. The van der Waals surface area contributed by atoms with Crippen molar-refractivity contribution in [3.05, 3.63) is 72.6 Å². The summed E-state index contributed by atoms with van der Waals surface area (Å²) in [5.74, 6) is 2.08. The summed E-state index contributed by atoms with van der Waals surface area (Å²) in [7, 11) is 0. The molecule has 6 nitrogen and oxygen atoms in total. The second kappa shape index (κ2) is 8.33. The van der Waals surface area contributed by atoms with Gasteiger partial charge in [-0.05, 0) is 73.1 Å². The fourth-order valence-corrected chi connectivity index (χ4v) is 5.52. The number of oxazole rings is 1. The monoisotopic (exact) mass is 476 g/mol. The number of hydrogen-bond donors (Lipinski definition) is 0. The van der Waals surface area contributed by atoms with Gasteiger partial charge in [0.1, 0.15) is 11.3 Å². The molecule has 180 valence electrons. The van der Waals surface area contributed by atoms with Gasteiger partial charge in [-0.1, -0.05) is 36.4 Å². The number of rotatable bonds is 5. The van der Waals surface area contributed by atoms with Crippen LogP contribution in [0.5, 0.6) is 0 Å². The van der Waals surface area contributed by atoms with E-state index in [1.165, 1.54) is 12.0 Å². The molecule has 3 heterocycles. The Kier molecular flexibility index (Phi) is 4.94. The molecule has 2 aliphatic rings. The van der Waals surface area contributed by atoms with Crippen molar-refractivity contribution >= 4 is 28.0 Å². The van der Waals surface area contributed by atoms with Crippen LogP contribution in [0.1, 0.15) is 24.8 Å². The summed E-state index contributed by atoms with van der Waals surface area (Å²) >= 11 is 0. The van der Waals surface area contributed by atoms with Gasteiger partial charge in [0.2, 0.25) is 5.91 Å². The Labute approximate surface area is 209 Å². The highest BCUT2D eigenvalue weighted by Crippen LogP contribution is 2.34. The lowest BCUT2D eigenvalue weighted by molar-refractivity contribution is -0.131. The average Bonchev–Trinajstić information content (AvgIpc) is 3.30. The molecule has 1 atom stereocenters. The van der Waals surface area contributed by atoms with Crippen LogP contribution in [0.15, 0.2) is 71.5 Å². The molecule has 0 unspecified atom stereocenters. The van der Waals surface area contributed by atoms with Crippen molar-refractivity contribution < 1.29 is 9.21 Å². The van der Waals surface area contributed by atoms with E-state index in [0.29, 0.717) is 17.7 Å². The van der Waals surface area contributed by atoms with Crippen molar-refractivity contribution in [1.82, 2.24) is 19.4 Å². The molecule has 36 heavy (non-hydrogen) atoms. The van der Waals surface area contributed by atoms with E-state index < -0.39 is 0 Å². The molecule has 7 rings (SSSR count). The first kappa shape index (κ1) is 21.4. The Bertz CT molecular complexity index is 1590. The lowest BCUT2D eigenvalue weighted by Gasteiger charge is -2.18. The van der Waals surface area contributed by atoms with E-state index in [-0.39, 0.29) is 0 Å². The van der Waals surface area contributed by atoms with E-state index in [4.69, 9.17) is 9.40 Å². The minimum Gasteiger partial charge on any atom is -0.443 e. The van der Waals surface area contributed by atoms with Gasteiger partial charge in [-0.2, -0.15) is 0 Å². The maximum atomic E-state index is 12.6. The number of hydrogen-bond acceptors (Lipinski definition) is 4. The summed E-state index contributed by atoms with van der Waals surface area (Å²) < 4.78 is 7.85. The summed E-state index contributed by atoms with van der Waals surface area (Å²) in [5.41, 5.74) is 8.36. The van der Waals surface area contributed by atoms with Crippen LogP contribution in [0.4, 0.5) is 0 Å². The topological polar surface area (TPSA) is 64.2 Å². The molecule has 5 aromatic rings. The molecular formula is C30H28N4O2. The molecule has 6 heteroatoms. The predicted molar refractivity (Wildman–Crippen MR) is 140 cm³/mol. The maximum absolute atomic E-state index is 12.6.